The van der Waals surface area contributed by atoms with Gasteiger partial charge in [-0.2, -0.15) is 0 Å². The van der Waals surface area contributed by atoms with Gasteiger partial charge in [-0.25, -0.2) is 0 Å². The van der Waals surface area contributed by atoms with Gasteiger partial charge in [0.15, 0.2) is 5.78 Å². The molecule has 1 aromatic rings. The summed E-state index contributed by atoms with van der Waals surface area (Å²) in [5.74, 6) is 0.196. The normalized spacial score (nSPS) is 17.2. The summed E-state index contributed by atoms with van der Waals surface area (Å²) in [7, 11) is 0. The molecule has 4 heteroatoms. The highest BCUT2D eigenvalue weighted by Crippen LogP contribution is 2.26. The summed E-state index contributed by atoms with van der Waals surface area (Å²) in [5, 5.41) is 3.56. The van der Waals surface area contributed by atoms with Crippen molar-refractivity contribution in [2.75, 3.05) is 0 Å². The Morgan fingerprint density at radius 3 is 2.43 bits per heavy atom. The van der Waals surface area contributed by atoms with Gasteiger partial charge >= 0.3 is 0 Å². The number of ketones is 1. The SMILES string of the molecule is C[C@H](NC(=O)CC(=O)c1ccc(Cl)cc1)C1CCCCC1. The minimum Gasteiger partial charge on any atom is -0.353 e. The molecule has 0 bridgehead atoms. The number of Topliss-reactive ketones (excluding diaryl/α,β-unsaturated/α-hetero) is 1. The van der Waals surface area contributed by atoms with Gasteiger partial charge in [-0.1, -0.05) is 30.9 Å². The second-order valence-corrected chi connectivity index (χ2v) is 6.30. The molecule has 1 fully saturated rings. The molecule has 1 amide bonds. The van der Waals surface area contributed by atoms with Crippen molar-refractivity contribution in [2.45, 2.75) is 51.5 Å². The standard InChI is InChI=1S/C17H22ClNO2/c1-12(13-5-3-2-4-6-13)19-17(21)11-16(20)14-7-9-15(18)10-8-14/h7-10,12-13H,2-6,11H2,1H3,(H,19,21)/t12-/m0/s1. The Balaban J connectivity index is 1.83. The Labute approximate surface area is 131 Å². The van der Waals surface area contributed by atoms with Crippen LogP contribution in [0.4, 0.5) is 0 Å². The zero-order valence-electron chi connectivity index (χ0n) is 12.4. The maximum absolute atomic E-state index is 12.0. The average molecular weight is 308 g/mol. The summed E-state index contributed by atoms with van der Waals surface area (Å²) in [5.41, 5.74) is 0.528. The van der Waals surface area contributed by atoms with E-state index in [1.165, 1.54) is 32.1 Å². The van der Waals surface area contributed by atoms with Crippen LogP contribution in [-0.2, 0) is 4.79 Å². The highest BCUT2D eigenvalue weighted by molar-refractivity contribution is 6.30. The molecule has 1 aliphatic carbocycles. The molecule has 0 aromatic heterocycles. The van der Waals surface area contributed by atoms with Crippen LogP contribution in [0.15, 0.2) is 24.3 Å². The lowest BCUT2D eigenvalue weighted by molar-refractivity contribution is -0.121. The first-order valence-corrected chi connectivity index (χ1v) is 8.02. The second kappa shape index (κ2) is 7.60. The van der Waals surface area contributed by atoms with Crippen LogP contribution in [-0.4, -0.2) is 17.7 Å². The summed E-state index contributed by atoms with van der Waals surface area (Å²) < 4.78 is 0. The molecule has 0 aliphatic heterocycles. The van der Waals surface area contributed by atoms with Crippen molar-refractivity contribution in [3.8, 4) is 0 Å². The molecule has 1 atom stereocenters. The second-order valence-electron chi connectivity index (χ2n) is 5.86. The van der Waals surface area contributed by atoms with Crippen LogP contribution in [0.2, 0.25) is 5.02 Å². The maximum Gasteiger partial charge on any atom is 0.228 e. The molecule has 114 valence electrons. The molecule has 1 aromatic carbocycles. The highest BCUT2D eigenvalue weighted by Gasteiger charge is 2.22. The number of benzene rings is 1. The molecule has 0 heterocycles. The molecule has 1 saturated carbocycles. The van der Waals surface area contributed by atoms with Crippen molar-refractivity contribution < 1.29 is 9.59 Å². The third-order valence-corrected chi connectivity index (χ3v) is 4.48. The number of hydrogen-bond acceptors (Lipinski definition) is 2. The summed E-state index contributed by atoms with van der Waals surface area (Å²) in [6.07, 6.45) is 6.03. The third kappa shape index (κ3) is 4.85. The molecule has 0 unspecified atom stereocenters. The zero-order chi connectivity index (χ0) is 15.2. The maximum atomic E-state index is 12.0. The largest absolute Gasteiger partial charge is 0.353 e. The Hall–Kier alpha value is -1.35. The first kappa shape index (κ1) is 16.0. The number of hydrogen-bond donors (Lipinski definition) is 1. The molecule has 1 N–H and O–H groups in total. The highest BCUT2D eigenvalue weighted by atomic mass is 35.5. The third-order valence-electron chi connectivity index (χ3n) is 4.23. The molecule has 0 saturated heterocycles. The molecular formula is C17H22ClNO2. The van der Waals surface area contributed by atoms with Crippen LogP contribution in [0.25, 0.3) is 0 Å². The number of amides is 1. The van der Waals surface area contributed by atoms with Crippen molar-refractivity contribution >= 4 is 23.3 Å². The smallest absolute Gasteiger partial charge is 0.228 e. The lowest BCUT2D eigenvalue weighted by atomic mass is 9.84. The first-order chi connectivity index (χ1) is 10.1. The fourth-order valence-corrected chi connectivity index (χ4v) is 3.07. The molecule has 21 heavy (non-hydrogen) atoms. The monoisotopic (exact) mass is 307 g/mol. The molecule has 1 aliphatic rings. The van der Waals surface area contributed by atoms with Gasteiger partial charge in [0, 0.05) is 16.6 Å². The van der Waals surface area contributed by atoms with Gasteiger partial charge in [-0.3, -0.25) is 9.59 Å². The van der Waals surface area contributed by atoms with E-state index in [-0.39, 0.29) is 24.2 Å². The lowest BCUT2D eigenvalue weighted by Gasteiger charge is -2.28. The summed E-state index contributed by atoms with van der Waals surface area (Å²) in [6.45, 7) is 2.04. The van der Waals surface area contributed by atoms with Crippen LogP contribution in [0.5, 0.6) is 0 Å². The minimum absolute atomic E-state index is 0.0985. The topological polar surface area (TPSA) is 46.2 Å². The summed E-state index contributed by atoms with van der Waals surface area (Å²) >= 11 is 5.79. The van der Waals surface area contributed by atoms with Gasteiger partial charge in [0.1, 0.15) is 0 Å². The predicted octanol–water partition coefficient (Wildman–Crippen LogP) is 4.00. The van der Waals surface area contributed by atoms with Crippen LogP contribution in [0.1, 0.15) is 55.8 Å². The summed E-state index contributed by atoms with van der Waals surface area (Å²) in [6, 6.07) is 6.79. The van der Waals surface area contributed by atoms with E-state index in [4.69, 9.17) is 11.6 Å². The van der Waals surface area contributed by atoms with Gasteiger partial charge in [-0.15, -0.1) is 0 Å². The van der Waals surface area contributed by atoms with E-state index < -0.39 is 0 Å². The number of halogens is 1. The van der Waals surface area contributed by atoms with E-state index in [9.17, 15) is 9.59 Å². The van der Waals surface area contributed by atoms with E-state index in [0.717, 1.165) is 0 Å². The molecule has 0 spiro atoms. The fourth-order valence-electron chi connectivity index (χ4n) is 2.94. The quantitative estimate of drug-likeness (QED) is 0.660. The van der Waals surface area contributed by atoms with Crippen LogP contribution in [0, 0.1) is 5.92 Å². The van der Waals surface area contributed by atoms with E-state index >= 15 is 0 Å². The summed E-state index contributed by atoms with van der Waals surface area (Å²) in [4.78, 5) is 24.0. The van der Waals surface area contributed by atoms with Crippen molar-refractivity contribution in [2.24, 2.45) is 5.92 Å². The Morgan fingerprint density at radius 1 is 1.19 bits per heavy atom. The number of rotatable bonds is 5. The molecule has 3 nitrogen and oxygen atoms in total. The van der Waals surface area contributed by atoms with Crippen molar-refractivity contribution in [3.63, 3.8) is 0 Å². The van der Waals surface area contributed by atoms with Crippen molar-refractivity contribution in [1.82, 2.24) is 5.32 Å². The van der Waals surface area contributed by atoms with Crippen molar-refractivity contribution in [1.29, 1.82) is 0 Å². The van der Waals surface area contributed by atoms with E-state index in [2.05, 4.69) is 5.32 Å². The van der Waals surface area contributed by atoms with E-state index in [1.54, 1.807) is 24.3 Å². The van der Waals surface area contributed by atoms with Crippen molar-refractivity contribution in [3.05, 3.63) is 34.9 Å². The van der Waals surface area contributed by atoms with E-state index in [0.29, 0.717) is 16.5 Å². The Kier molecular flexibility index (Phi) is 5.80. The lowest BCUT2D eigenvalue weighted by Crippen LogP contribution is -2.39. The number of carbonyl (C=O) groups is 2. The van der Waals surface area contributed by atoms with E-state index in [1.807, 2.05) is 6.92 Å². The van der Waals surface area contributed by atoms with Gasteiger partial charge < -0.3 is 5.32 Å². The van der Waals surface area contributed by atoms with Gasteiger partial charge in [-0.05, 0) is 49.9 Å². The van der Waals surface area contributed by atoms with Crippen LogP contribution in [0.3, 0.4) is 0 Å². The molecule has 2 rings (SSSR count). The Bertz CT molecular complexity index is 492. The molecular weight excluding hydrogens is 286 g/mol. The minimum atomic E-state index is -0.187. The average Bonchev–Trinajstić information content (AvgIpc) is 2.48. The van der Waals surface area contributed by atoms with Crippen LogP contribution >= 0.6 is 11.6 Å². The number of carbonyl (C=O) groups excluding carboxylic acids is 2. The molecule has 0 radical (unpaired) electrons. The van der Waals surface area contributed by atoms with Gasteiger partial charge in [0.05, 0.1) is 6.42 Å². The fraction of sp³-hybridized carbons (Fsp3) is 0.529. The van der Waals surface area contributed by atoms with Gasteiger partial charge in [0.25, 0.3) is 0 Å². The number of nitrogens with one attached hydrogen (secondary N) is 1. The first-order valence-electron chi connectivity index (χ1n) is 7.64. The van der Waals surface area contributed by atoms with Crippen LogP contribution < -0.4 is 5.32 Å². The predicted molar refractivity (Wildman–Crippen MR) is 84.6 cm³/mol. The Morgan fingerprint density at radius 2 is 1.81 bits per heavy atom. The zero-order valence-corrected chi connectivity index (χ0v) is 13.2. The van der Waals surface area contributed by atoms with Gasteiger partial charge in [0.2, 0.25) is 5.91 Å².